The average Bonchev–Trinajstić information content (AvgIpc) is 3.19. The molecule has 1 aliphatic carbocycles. The van der Waals surface area contributed by atoms with Gasteiger partial charge in [-0.15, -0.1) is 0 Å². The molecule has 2 aromatic rings. The lowest BCUT2D eigenvalue weighted by Gasteiger charge is -2.29. The van der Waals surface area contributed by atoms with Crippen LogP contribution in [0.3, 0.4) is 0 Å². The minimum absolute atomic E-state index is 0.0700. The van der Waals surface area contributed by atoms with Crippen LogP contribution in [0.5, 0.6) is 5.88 Å². The third-order valence-electron chi connectivity index (χ3n) is 6.50. The number of piperidine rings is 1. The molecule has 1 aliphatic heterocycles. The molecule has 2 aliphatic rings. The molecule has 4 rings (SSSR count). The van der Waals surface area contributed by atoms with E-state index >= 15 is 0 Å². The Labute approximate surface area is 223 Å². The second kappa shape index (κ2) is 9.75. The van der Waals surface area contributed by atoms with Crippen molar-refractivity contribution in [1.29, 1.82) is 0 Å². The summed E-state index contributed by atoms with van der Waals surface area (Å²) in [6, 6.07) is 9.74. The normalized spacial score (nSPS) is 21.0. The highest BCUT2D eigenvalue weighted by molar-refractivity contribution is 5.70. The van der Waals surface area contributed by atoms with Crippen LogP contribution < -0.4 is 10.1 Å². The van der Waals surface area contributed by atoms with Gasteiger partial charge in [-0.25, -0.2) is 19.0 Å². The molecule has 38 heavy (non-hydrogen) atoms. The zero-order chi connectivity index (χ0) is 28.0. The number of amides is 2. The Kier molecular flexibility index (Phi) is 7.10. The van der Waals surface area contributed by atoms with Crippen molar-refractivity contribution in [2.45, 2.75) is 78.2 Å². The van der Waals surface area contributed by atoms with Crippen molar-refractivity contribution >= 4 is 12.2 Å². The zero-order valence-electron chi connectivity index (χ0n) is 23.4. The molecule has 2 unspecified atom stereocenters. The van der Waals surface area contributed by atoms with Gasteiger partial charge in [0.25, 0.3) is 0 Å². The number of fused-ring (bicyclic) bond motifs is 1. The Balaban J connectivity index is 1.53. The van der Waals surface area contributed by atoms with E-state index < -0.39 is 22.8 Å². The summed E-state index contributed by atoms with van der Waals surface area (Å²) in [7, 11) is 0. The Bertz CT molecular complexity index is 1190. The number of hydrogen-bond donors (Lipinski definition) is 1. The van der Waals surface area contributed by atoms with Gasteiger partial charge in [0.15, 0.2) is 0 Å². The number of halogens is 1. The molecule has 1 saturated heterocycles. The third kappa shape index (κ3) is 6.74. The molecule has 0 bridgehead atoms. The summed E-state index contributed by atoms with van der Waals surface area (Å²) in [5, 5.41) is 2.93. The van der Waals surface area contributed by atoms with Crippen LogP contribution in [0.4, 0.5) is 14.0 Å². The molecule has 1 aromatic heterocycles. The molecule has 0 radical (unpaired) electrons. The maximum atomic E-state index is 13.6. The minimum atomic E-state index is -0.814. The second-order valence-electron chi connectivity index (χ2n) is 12.6. The largest absolute Gasteiger partial charge is 0.474 e. The van der Waals surface area contributed by atoms with E-state index in [-0.39, 0.29) is 29.9 Å². The van der Waals surface area contributed by atoms with Gasteiger partial charge in [0.05, 0.1) is 11.2 Å². The molecule has 8 nitrogen and oxygen atoms in total. The molecule has 2 fully saturated rings. The fourth-order valence-electron chi connectivity index (χ4n) is 4.59. The number of nitrogens with zero attached hydrogens (tertiary/aromatic N) is 2. The lowest BCUT2D eigenvalue weighted by atomic mass is 9.93. The third-order valence-corrected chi connectivity index (χ3v) is 6.50. The van der Waals surface area contributed by atoms with Gasteiger partial charge in [0.2, 0.25) is 5.88 Å². The van der Waals surface area contributed by atoms with Gasteiger partial charge in [0, 0.05) is 36.6 Å². The van der Waals surface area contributed by atoms with Gasteiger partial charge in [-0.3, -0.25) is 0 Å². The maximum absolute atomic E-state index is 13.6. The van der Waals surface area contributed by atoms with Gasteiger partial charge in [-0.05, 0) is 91.3 Å². The van der Waals surface area contributed by atoms with E-state index in [1.807, 2.05) is 46.8 Å². The SMILES string of the molecule is CC(C)(C)OC(=O)NC(C)(C)c1cc(OC2C3CN(C(=O)OC(C)(C)C)CC32)nc(-c2ccc(F)cc2)c1. The predicted octanol–water partition coefficient (Wildman–Crippen LogP) is 5.89. The van der Waals surface area contributed by atoms with Crippen molar-refractivity contribution in [3.8, 4) is 17.1 Å². The van der Waals surface area contributed by atoms with Crippen LogP contribution in [0.1, 0.15) is 61.0 Å². The van der Waals surface area contributed by atoms with Crippen LogP contribution in [-0.4, -0.2) is 52.5 Å². The predicted molar refractivity (Wildman–Crippen MR) is 141 cm³/mol. The Morgan fingerprint density at radius 1 is 0.921 bits per heavy atom. The second-order valence-corrected chi connectivity index (χ2v) is 12.6. The number of likely N-dealkylation sites (tertiary alicyclic amines) is 1. The lowest BCUT2D eigenvalue weighted by Crippen LogP contribution is -2.43. The maximum Gasteiger partial charge on any atom is 0.410 e. The van der Waals surface area contributed by atoms with E-state index in [9.17, 15) is 14.0 Å². The molecule has 2 amide bonds. The Morgan fingerprint density at radius 3 is 2.05 bits per heavy atom. The minimum Gasteiger partial charge on any atom is -0.474 e. The quantitative estimate of drug-likeness (QED) is 0.521. The van der Waals surface area contributed by atoms with Gasteiger partial charge < -0.3 is 24.4 Å². The van der Waals surface area contributed by atoms with Crippen molar-refractivity contribution in [2.75, 3.05) is 13.1 Å². The number of alkyl carbamates (subject to hydrolysis) is 1. The summed E-state index contributed by atoms with van der Waals surface area (Å²) in [5.41, 5.74) is 0.0829. The fourth-order valence-corrected chi connectivity index (χ4v) is 4.59. The number of pyridine rings is 1. The molecule has 9 heteroatoms. The van der Waals surface area contributed by atoms with E-state index in [0.29, 0.717) is 24.7 Å². The first-order valence-corrected chi connectivity index (χ1v) is 12.9. The molecule has 0 spiro atoms. The van der Waals surface area contributed by atoms with Gasteiger partial charge in [-0.1, -0.05) is 0 Å². The molecule has 2 heterocycles. The van der Waals surface area contributed by atoms with Crippen molar-refractivity contribution < 1.29 is 28.2 Å². The molecule has 1 saturated carbocycles. The van der Waals surface area contributed by atoms with Crippen molar-refractivity contribution in [3.63, 3.8) is 0 Å². The number of ether oxygens (including phenoxy) is 3. The highest BCUT2D eigenvalue weighted by Gasteiger charge is 2.59. The highest BCUT2D eigenvalue weighted by Crippen LogP contribution is 2.48. The number of nitrogens with one attached hydrogen (secondary N) is 1. The standard InChI is InChI=1S/C29H38FN3O5/c1-27(2,3)37-25(34)32-29(7,8)18-13-22(17-9-11-19(30)12-10-17)31-23(14-18)36-24-20-15-33(16-21(20)24)26(35)38-28(4,5)6/h9-14,20-21,24H,15-16H2,1-8H3,(H,32,34). The van der Waals surface area contributed by atoms with Gasteiger partial charge in [0.1, 0.15) is 23.1 Å². The fraction of sp³-hybridized carbons (Fsp3) is 0.552. The molecular formula is C29H38FN3O5. The number of rotatable bonds is 5. The van der Waals surface area contributed by atoms with Crippen molar-refractivity contribution in [1.82, 2.24) is 15.2 Å². The van der Waals surface area contributed by atoms with Gasteiger partial charge in [-0.2, -0.15) is 0 Å². The van der Waals surface area contributed by atoms with E-state index in [1.165, 1.54) is 12.1 Å². The van der Waals surface area contributed by atoms with E-state index in [1.54, 1.807) is 37.8 Å². The van der Waals surface area contributed by atoms with E-state index in [0.717, 1.165) is 11.1 Å². The summed E-state index contributed by atoms with van der Waals surface area (Å²) in [4.78, 5) is 31.4. The van der Waals surface area contributed by atoms with E-state index in [4.69, 9.17) is 19.2 Å². The first-order valence-electron chi connectivity index (χ1n) is 12.9. The summed E-state index contributed by atoms with van der Waals surface area (Å²) in [6.45, 7) is 15.9. The van der Waals surface area contributed by atoms with Crippen LogP contribution in [-0.2, 0) is 15.0 Å². The molecular weight excluding hydrogens is 489 g/mol. The summed E-state index contributed by atoms with van der Waals surface area (Å²) < 4.78 is 30.8. The van der Waals surface area contributed by atoms with Gasteiger partial charge >= 0.3 is 12.2 Å². The van der Waals surface area contributed by atoms with Crippen LogP contribution in [0.2, 0.25) is 0 Å². The molecule has 206 valence electrons. The van der Waals surface area contributed by atoms with Crippen LogP contribution in [0.15, 0.2) is 36.4 Å². The monoisotopic (exact) mass is 527 g/mol. The number of aromatic nitrogens is 1. The van der Waals surface area contributed by atoms with Crippen LogP contribution >= 0.6 is 0 Å². The van der Waals surface area contributed by atoms with Crippen molar-refractivity contribution in [2.24, 2.45) is 11.8 Å². The molecule has 1 N–H and O–H groups in total. The first kappa shape index (κ1) is 27.7. The molecule has 2 atom stereocenters. The van der Waals surface area contributed by atoms with Crippen LogP contribution in [0.25, 0.3) is 11.3 Å². The summed E-state index contributed by atoms with van der Waals surface area (Å²) >= 11 is 0. The highest BCUT2D eigenvalue weighted by atomic mass is 19.1. The zero-order valence-corrected chi connectivity index (χ0v) is 23.4. The number of carbonyl (C=O) groups is 2. The smallest absolute Gasteiger partial charge is 0.410 e. The average molecular weight is 528 g/mol. The summed E-state index contributed by atoms with van der Waals surface area (Å²) in [5.74, 6) is 0.475. The Hall–Kier alpha value is -3.36. The van der Waals surface area contributed by atoms with Crippen LogP contribution in [0, 0.1) is 17.7 Å². The summed E-state index contributed by atoms with van der Waals surface area (Å²) in [6.07, 6.45) is -0.916. The topological polar surface area (TPSA) is 90.0 Å². The van der Waals surface area contributed by atoms with E-state index in [2.05, 4.69) is 5.32 Å². The lowest BCUT2D eigenvalue weighted by molar-refractivity contribution is 0.0252. The Morgan fingerprint density at radius 2 is 1.50 bits per heavy atom. The number of benzene rings is 1. The number of hydrogen-bond acceptors (Lipinski definition) is 6. The molecule has 1 aromatic carbocycles. The number of carbonyl (C=O) groups excluding carboxylic acids is 2. The first-order chi connectivity index (χ1) is 17.5. The van der Waals surface area contributed by atoms with Crippen molar-refractivity contribution in [3.05, 3.63) is 47.8 Å².